The fraction of sp³-hybridized carbons (Fsp3) is 0.857. The summed E-state index contributed by atoms with van der Waals surface area (Å²) in [6, 6.07) is 0. The van der Waals surface area contributed by atoms with Crippen molar-refractivity contribution in [1.29, 1.82) is 0 Å². The van der Waals surface area contributed by atoms with Crippen LogP contribution in [0.25, 0.3) is 0 Å². The number of carbonyl (C=O) groups is 2. The van der Waals surface area contributed by atoms with Crippen molar-refractivity contribution in [2.75, 3.05) is 39.6 Å². The van der Waals surface area contributed by atoms with Crippen molar-refractivity contribution >= 4 is 53.1 Å². The molecule has 0 aromatic heterocycles. The zero-order valence-corrected chi connectivity index (χ0v) is 23.4. The van der Waals surface area contributed by atoms with Gasteiger partial charge in [-0.15, -0.1) is 0 Å². The average Bonchev–Trinajstić information content (AvgIpc) is 2.71. The van der Waals surface area contributed by atoms with Crippen LogP contribution in [0.5, 0.6) is 0 Å². The summed E-state index contributed by atoms with van der Waals surface area (Å²) in [6.45, 7) is -1.33. The molecule has 0 aromatic rings. The van der Waals surface area contributed by atoms with Crippen LogP contribution in [0.15, 0.2) is 0 Å². The smallest absolute Gasteiger partial charge is 0.353 e. The van der Waals surface area contributed by atoms with E-state index < -0.39 is 104 Å². The van der Waals surface area contributed by atoms with Crippen LogP contribution in [0.3, 0.4) is 0 Å². The van der Waals surface area contributed by atoms with Gasteiger partial charge in [-0.3, -0.25) is 27.4 Å². The molecule has 21 nitrogen and oxygen atoms in total. The Labute approximate surface area is 223 Å². The van der Waals surface area contributed by atoms with Crippen LogP contribution in [0.2, 0.25) is 0 Å². The first-order valence-electron chi connectivity index (χ1n) is 10.0. The van der Waals surface area contributed by atoms with E-state index in [1.54, 1.807) is 0 Å². The fourth-order valence-electron chi connectivity index (χ4n) is 3.07. The van der Waals surface area contributed by atoms with Crippen molar-refractivity contribution in [1.82, 2.24) is 10.2 Å². The molecule has 0 aliphatic carbocycles. The summed E-state index contributed by atoms with van der Waals surface area (Å²) in [5.74, 6) is -1.66. The topological polar surface area (TPSA) is 302 Å². The highest BCUT2D eigenvalue weighted by atomic mass is 32.3. The first-order chi connectivity index (χ1) is 17.5. The van der Waals surface area contributed by atoms with Crippen molar-refractivity contribution in [3.8, 4) is 0 Å². The molecule has 1 saturated heterocycles. The van der Waals surface area contributed by atoms with Crippen molar-refractivity contribution in [2.45, 2.75) is 37.6 Å². The monoisotopic (exact) mass is 654 g/mol. The SMILES string of the molecule is CO[C@H]1O[C@H](CNC(=O)CN(CCOS(C)(=O)=O)C(C)=O)[C@@H](OS(=O)(=O)O)[C@H](OS(=O)(=O)O)[C@@H]1OS(=O)(=O)O. The Hall–Kier alpha value is -1.62. The maximum atomic E-state index is 12.4. The Bertz CT molecular complexity index is 1300. The first kappa shape index (κ1) is 35.4. The van der Waals surface area contributed by atoms with Gasteiger partial charge in [0.15, 0.2) is 12.4 Å². The molecule has 0 unspecified atom stereocenters. The molecule has 4 N–H and O–H groups in total. The van der Waals surface area contributed by atoms with E-state index in [-0.39, 0.29) is 6.54 Å². The number of hydrogen-bond acceptors (Lipinski definition) is 16. The quantitative estimate of drug-likeness (QED) is 0.0962. The zero-order chi connectivity index (χ0) is 30.4. The summed E-state index contributed by atoms with van der Waals surface area (Å²) in [5, 5.41) is 2.15. The highest BCUT2D eigenvalue weighted by Crippen LogP contribution is 2.31. The van der Waals surface area contributed by atoms with E-state index in [9.17, 15) is 43.3 Å². The Balaban J connectivity index is 3.22. The van der Waals surface area contributed by atoms with Crippen LogP contribution in [0.4, 0.5) is 0 Å². The van der Waals surface area contributed by atoms with Crippen LogP contribution in [-0.2, 0) is 77.1 Å². The van der Waals surface area contributed by atoms with E-state index in [1.807, 2.05) is 0 Å². The summed E-state index contributed by atoms with van der Waals surface area (Å²) >= 11 is 0. The molecule has 0 aromatic carbocycles. The van der Waals surface area contributed by atoms with Gasteiger partial charge in [-0.25, -0.2) is 12.5 Å². The second-order valence-corrected chi connectivity index (χ2v) is 12.3. The lowest BCUT2D eigenvalue weighted by Crippen LogP contribution is -2.64. The predicted molar refractivity (Wildman–Crippen MR) is 121 cm³/mol. The van der Waals surface area contributed by atoms with E-state index in [0.29, 0.717) is 0 Å². The van der Waals surface area contributed by atoms with Gasteiger partial charge in [-0.05, 0) is 0 Å². The molecule has 2 amide bonds. The molecule has 1 heterocycles. The lowest BCUT2D eigenvalue weighted by molar-refractivity contribution is -0.273. The fourth-order valence-corrected chi connectivity index (χ4v) is 4.94. The van der Waals surface area contributed by atoms with E-state index in [4.69, 9.17) is 23.1 Å². The number of methoxy groups -OCH3 is 1. The number of amides is 2. The lowest BCUT2D eigenvalue weighted by atomic mass is 9.99. The molecule has 1 aliphatic heterocycles. The van der Waals surface area contributed by atoms with Gasteiger partial charge in [0.05, 0.1) is 19.4 Å². The maximum Gasteiger partial charge on any atom is 0.397 e. The van der Waals surface area contributed by atoms with Crippen molar-refractivity contribution in [3.63, 3.8) is 0 Å². The minimum atomic E-state index is -5.54. The zero-order valence-electron chi connectivity index (χ0n) is 20.2. The second-order valence-electron chi connectivity index (χ2n) is 7.52. The number of ether oxygens (including phenoxy) is 2. The third-order valence-electron chi connectivity index (χ3n) is 4.46. The summed E-state index contributed by atoms with van der Waals surface area (Å²) in [5.41, 5.74) is 0. The third kappa shape index (κ3) is 14.0. The number of nitrogens with one attached hydrogen (secondary N) is 1. The summed E-state index contributed by atoms with van der Waals surface area (Å²) in [6.07, 6.45) is -10.4. The van der Waals surface area contributed by atoms with Gasteiger partial charge in [-0.1, -0.05) is 0 Å². The molecule has 1 fully saturated rings. The van der Waals surface area contributed by atoms with Gasteiger partial charge in [0.1, 0.15) is 18.3 Å². The molecule has 0 spiro atoms. The Morgan fingerprint density at radius 1 is 0.872 bits per heavy atom. The maximum absolute atomic E-state index is 12.4. The van der Waals surface area contributed by atoms with E-state index in [2.05, 4.69) is 22.0 Å². The van der Waals surface area contributed by atoms with Gasteiger partial charge < -0.3 is 19.7 Å². The molecule has 39 heavy (non-hydrogen) atoms. The summed E-state index contributed by atoms with van der Waals surface area (Å²) < 4.78 is 145. The number of hydrogen-bond donors (Lipinski definition) is 4. The van der Waals surface area contributed by atoms with Crippen molar-refractivity contribution in [2.24, 2.45) is 0 Å². The minimum absolute atomic E-state index is 0.352. The van der Waals surface area contributed by atoms with Gasteiger partial charge in [0.25, 0.3) is 10.1 Å². The predicted octanol–water partition coefficient (Wildman–Crippen LogP) is -4.14. The van der Waals surface area contributed by atoms with Crippen molar-refractivity contribution < 1.29 is 83.1 Å². The van der Waals surface area contributed by atoms with Crippen LogP contribution < -0.4 is 5.32 Å². The molecule has 0 saturated carbocycles. The summed E-state index contributed by atoms with van der Waals surface area (Å²) in [4.78, 5) is 25.0. The largest absolute Gasteiger partial charge is 0.397 e. The Kier molecular flexibility index (Phi) is 12.6. The third-order valence-corrected chi connectivity index (χ3v) is 6.45. The average molecular weight is 655 g/mol. The number of rotatable bonds is 15. The molecular weight excluding hydrogens is 628 g/mol. The standard InChI is InChI=1S/C14H26N2O19S4/c1-8(17)16(4-5-31-36(3,19)20)7-10(18)15-6-9-11(33-37(21,22)23)12(34-38(24,25)26)13(14(30-2)32-9)35-39(27,28)29/h9,11-14H,4-7H2,1-3H3,(H,15,18)(H,21,22,23)(H,24,25,26)(H,27,28,29)/t9-,11-,12+,13+,14+/m1/s1. The normalized spacial score (nSPS) is 24.7. The summed E-state index contributed by atoms with van der Waals surface area (Å²) in [7, 11) is -19.5. The van der Waals surface area contributed by atoms with E-state index >= 15 is 0 Å². The molecule has 0 bridgehead atoms. The lowest BCUT2D eigenvalue weighted by Gasteiger charge is -2.43. The van der Waals surface area contributed by atoms with Crippen LogP contribution in [-0.4, -0.2) is 134 Å². The van der Waals surface area contributed by atoms with Gasteiger partial charge in [0, 0.05) is 27.1 Å². The van der Waals surface area contributed by atoms with Gasteiger partial charge in [0.2, 0.25) is 11.8 Å². The van der Waals surface area contributed by atoms with Crippen LogP contribution in [0, 0.1) is 0 Å². The molecule has 0 radical (unpaired) electrons. The van der Waals surface area contributed by atoms with E-state index in [1.165, 1.54) is 0 Å². The molecular formula is C14H26N2O19S4. The van der Waals surface area contributed by atoms with E-state index in [0.717, 1.165) is 25.2 Å². The van der Waals surface area contributed by atoms with Gasteiger partial charge >= 0.3 is 31.2 Å². The second kappa shape index (κ2) is 13.8. The van der Waals surface area contributed by atoms with Gasteiger partial charge in [-0.2, -0.15) is 33.7 Å². The number of nitrogens with zero attached hydrogens (tertiary/aromatic N) is 1. The Morgan fingerprint density at radius 3 is 1.79 bits per heavy atom. The van der Waals surface area contributed by atoms with Crippen LogP contribution in [0.1, 0.15) is 6.92 Å². The first-order valence-corrected chi connectivity index (χ1v) is 15.9. The molecule has 1 rings (SSSR count). The molecule has 230 valence electrons. The Morgan fingerprint density at radius 2 is 1.36 bits per heavy atom. The molecule has 25 heteroatoms. The molecule has 5 atom stereocenters. The highest BCUT2D eigenvalue weighted by Gasteiger charge is 2.53. The highest BCUT2D eigenvalue weighted by molar-refractivity contribution is 7.86. The molecule has 1 aliphatic rings. The van der Waals surface area contributed by atoms with Crippen molar-refractivity contribution in [3.05, 3.63) is 0 Å². The minimum Gasteiger partial charge on any atom is -0.353 e. The number of carbonyl (C=O) groups excluding carboxylic acids is 2. The van der Waals surface area contributed by atoms with Crippen LogP contribution >= 0.6 is 0 Å².